The minimum absolute atomic E-state index is 0.0941. The number of anilines is 2. The maximum Gasteiger partial charge on any atom is 0.229 e. The number of benzene rings is 1. The van der Waals surface area contributed by atoms with Crippen molar-refractivity contribution in [2.24, 2.45) is 11.7 Å². The Morgan fingerprint density at radius 1 is 1.45 bits per heavy atom. The number of carbonyl (C=O) groups is 1. The van der Waals surface area contributed by atoms with Crippen molar-refractivity contribution in [1.29, 1.82) is 0 Å². The molecule has 1 aromatic rings. The molecule has 8 heteroatoms. The number of halogens is 1. The van der Waals surface area contributed by atoms with Crippen LogP contribution in [0.3, 0.4) is 0 Å². The van der Waals surface area contributed by atoms with Gasteiger partial charge in [0.15, 0.2) is 0 Å². The fourth-order valence-electron chi connectivity index (χ4n) is 1.49. The first-order chi connectivity index (χ1) is 9.21. The molecule has 0 aliphatic heterocycles. The van der Waals surface area contributed by atoms with Crippen LogP contribution < -0.4 is 15.8 Å². The van der Waals surface area contributed by atoms with E-state index in [4.69, 9.17) is 17.3 Å². The first-order valence-electron chi connectivity index (χ1n) is 5.98. The molecule has 0 saturated heterocycles. The number of rotatable bonds is 6. The molecule has 0 radical (unpaired) electrons. The van der Waals surface area contributed by atoms with Crippen LogP contribution in [0.4, 0.5) is 11.4 Å². The monoisotopic (exact) mass is 319 g/mol. The van der Waals surface area contributed by atoms with E-state index in [0.717, 1.165) is 6.26 Å². The van der Waals surface area contributed by atoms with Gasteiger partial charge in [0.1, 0.15) is 0 Å². The largest absolute Gasteiger partial charge is 0.330 e. The van der Waals surface area contributed by atoms with Crippen LogP contribution in [0.2, 0.25) is 5.02 Å². The average Bonchev–Trinajstić information content (AvgIpc) is 2.31. The van der Waals surface area contributed by atoms with E-state index in [0.29, 0.717) is 18.7 Å². The van der Waals surface area contributed by atoms with E-state index in [1.165, 1.54) is 12.1 Å². The summed E-state index contributed by atoms with van der Waals surface area (Å²) in [5.74, 6) is -0.0699. The van der Waals surface area contributed by atoms with Crippen molar-refractivity contribution in [2.45, 2.75) is 13.3 Å². The highest BCUT2D eigenvalue weighted by atomic mass is 35.5. The van der Waals surface area contributed by atoms with Crippen molar-refractivity contribution in [3.05, 3.63) is 23.2 Å². The van der Waals surface area contributed by atoms with Gasteiger partial charge in [0, 0.05) is 12.1 Å². The molecule has 4 N–H and O–H groups in total. The Kier molecular flexibility index (Phi) is 5.79. The summed E-state index contributed by atoms with van der Waals surface area (Å²) in [6.07, 6.45) is 1.35. The van der Waals surface area contributed by atoms with Crippen molar-refractivity contribution in [3.8, 4) is 0 Å². The quantitative estimate of drug-likeness (QED) is 0.741. The summed E-state index contributed by atoms with van der Waals surface area (Å²) >= 11 is 5.95. The molecule has 1 aromatic carbocycles. The molecule has 0 saturated carbocycles. The Hall–Kier alpha value is -1.31. The van der Waals surface area contributed by atoms with Crippen LogP contribution >= 0.6 is 11.6 Å². The molecule has 0 spiro atoms. The van der Waals surface area contributed by atoms with Gasteiger partial charge in [0.2, 0.25) is 15.9 Å². The zero-order valence-electron chi connectivity index (χ0n) is 11.3. The Labute approximate surface area is 123 Å². The zero-order valence-corrected chi connectivity index (χ0v) is 12.9. The highest BCUT2D eigenvalue weighted by molar-refractivity contribution is 7.92. The predicted octanol–water partition coefficient (Wildman–Crippen LogP) is 1.63. The van der Waals surface area contributed by atoms with Crippen LogP contribution in [0.15, 0.2) is 18.2 Å². The summed E-state index contributed by atoms with van der Waals surface area (Å²) in [6.45, 7) is 2.32. The molecule has 20 heavy (non-hydrogen) atoms. The predicted molar refractivity (Wildman–Crippen MR) is 81.4 cm³/mol. The van der Waals surface area contributed by atoms with Crippen molar-refractivity contribution in [1.82, 2.24) is 0 Å². The van der Waals surface area contributed by atoms with Gasteiger partial charge in [-0.15, -0.1) is 0 Å². The van der Waals surface area contributed by atoms with E-state index in [2.05, 4.69) is 10.0 Å². The Morgan fingerprint density at radius 2 is 2.10 bits per heavy atom. The van der Waals surface area contributed by atoms with Gasteiger partial charge in [-0.1, -0.05) is 18.5 Å². The third-order valence-electron chi connectivity index (χ3n) is 2.48. The van der Waals surface area contributed by atoms with E-state index in [9.17, 15) is 13.2 Å². The van der Waals surface area contributed by atoms with Gasteiger partial charge in [-0.25, -0.2) is 8.42 Å². The summed E-state index contributed by atoms with van der Waals surface area (Å²) in [6, 6.07) is 4.55. The normalized spacial score (nSPS) is 12.8. The topological polar surface area (TPSA) is 101 Å². The molecule has 0 fully saturated rings. The summed E-state index contributed by atoms with van der Waals surface area (Å²) in [5, 5.41) is 2.89. The SMILES string of the molecule is CC(CN)CC(=O)Nc1ccc(NS(C)(=O)=O)c(Cl)c1. The van der Waals surface area contributed by atoms with E-state index >= 15 is 0 Å². The van der Waals surface area contributed by atoms with Gasteiger partial charge in [-0.3, -0.25) is 9.52 Å². The standard InChI is InChI=1S/C12H18ClN3O3S/c1-8(7-14)5-12(17)15-9-3-4-11(10(13)6-9)16-20(2,18)19/h3-4,6,8,16H,5,7,14H2,1-2H3,(H,15,17). The number of carbonyl (C=O) groups excluding carboxylic acids is 1. The van der Waals surface area contributed by atoms with Gasteiger partial charge in [0.25, 0.3) is 0 Å². The zero-order chi connectivity index (χ0) is 15.3. The molecule has 6 nitrogen and oxygen atoms in total. The van der Waals surface area contributed by atoms with Crippen molar-refractivity contribution in [3.63, 3.8) is 0 Å². The third-order valence-corrected chi connectivity index (χ3v) is 3.39. The second-order valence-corrected chi connectivity index (χ2v) is 6.82. The molecular formula is C12H18ClN3O3S. The van der Waals surface area contributed by atoms with Gasteiger partial charge in [-0.05, 0) is 30.7 Å². The van der Waals surface area contributed by atoms with E-state index in [1.54, 1.807) is 6.07 Å². The van der Waals surface area contributed by atoms with Crippen LogP contribution in [-0.2, 0) is 14.8 Å². The first kappa shape index (κ1) is 16.7. The number of hydrogen-bond acceptors (Lipinski definition) is 4. The highest BCUT2D eigenvalue weighted by Crippen LogP contribution is 2.26. The molecule has 1 amide bonds. The Balaban J connectivity index is 2.75. The molecule has 0 aliphatic rings. The van der Waals surface area contributed by atoms with Crippen LogP contribution in [0.5, 0.6) is 0 Å². The summed E-state index contributed by atoms with van der Waals surface area (Å²) in [7, 11) is -3.39. The van der Waals surface area contributed by atoms with Crippen molar-refractivity contribution in [2.75, 3.05) is 22.8 Å². The molecule has 1 unspecified atom stereocenters. The highest BCUT2D eigenvalue weighted by Gasteiger charge is 2.10. The fourth-order valence-corrected chi connectivity index (χ4v) is 2.35. The number of hydrogen-bond donors (Lipinski definition) is 3. The van der Waals surface area contributed by atoms with E-state index < -0.39 is 10.0 Å². The lowest BCUT2D eigenvalue weighted by molar-refractivity contribution is -0.116. The fraction of sp³-hybridized carbons (Fsp3) is 0.417. The first-order valence-corrected chi connectivity index (χ1v) is 8.25. The van der Waals surface area contributed by atoms with Crippen LogP contribution in [0.25, 0.3) is 0 Å². The smallest absolute Gasteiger partial charge is 0.229 e. The molecule has 1 atom stereocenters. The summed E-state index contributed by atoms with van der Waals surface area (Å²) in [5.41, 5.74) is 6.22. The second-order valence-electron chi connectivity index (χ2n) is 4.66. The van der Waals surface area contributed by atoms with Gasteiger partial charge in [0.05, 0.1) is 17.0 Å². The molecule has 1 rings (SSSR count). The lowest BCUT2D eigenvalue weighted by atomic mass is 10.1. The lowest BCUT2D eigenvalue weighted by Gasteiger charge is -2.11. The number of sulfonamides is 1. The number of amides is 1. The number of nitrogens with one attached hydrogen (secondary N) is 2. The summed E-state index contributed by atoms with van der Waals surface area (Å²) in [4.78, 5) is 11.7. The molecule has 0 heterocycles. The van der Waals surface area contributed by atoms with Crippen LogP contribution in [0, 0.1) is 5.92 Å². The van der Waals surface area contributed by atoms with Crippen molar-refractivity contribution < 1.29 is 13.2 Å². The maximum absolute atomic E-state index is 11.7. The van der Waals surface area contributed by atoms with Gasteiger partial charge < -0.3 is 11.1 Å². The van der Waals surface area contributed by atoms with E-state index in [1.807, 2.05) is 6.92 Å². The van der Waals surface area contributed by atoms with Crippen molar-refractivity contribution >= 4 is 38.9 Å². The molecule has 0 aliphatic carbocycles. The molecule has 0 bridgehead atoms. The third kappa shape index (κ3) is 5.77. The molecule has 0 aromatic heterocycles. The van der Waals surface area contributed by atoms with Gasteiger partial charge in [-0.2, -0.15) is 0 Å². The second kappa shape index (κ2) is 6.92. The van der Waals surface area contributed by atoms with Crippen LogP contribution in [0.1, 0.15) is 13.3 Å². The minimum atomic E-state index is -3.39. The lowest BCUT2D eigenvalue weighted by Crippen LogP contribution is -2.20. The maximum atomic E-state index is 11.7. The minimum Gasteiger partial charge on any atom is -0.330 e. The molecule has 112 valence electrons. The summed E-state index contributed by atoms with van der Waals surface area (Å²) < 4.78 is 24.5. The van der Waals surface area contributed by atoms with E-state index in [-0.39, 0.29) is 22.5 Å². The Morgan fingerprint density at radius 3 is 2.60 bits per heavy atom. The van der Waals surface area contributed by atoms with Gasteiger partial charge >= 0.3 is 0 Å². The van der Waals surface area contributed by atoms with Crippen LogP contribution in [-0.4, -0.2) is 27.1 Å². The Bertz CT molecular complexity index is 590. The molecular weight excluding hydrogens is 302 g/mol. The number of nitrogens with two attached hydrogens (primary N) is 1. The average molecular weight is 320 g/mol.